The predicted molar refractivity (Wildman–Crippen MR) is 485 cm³/mol. The molecule has 7 N–H and O–H groups in total. The zero-order valence-corrected chi connectivity index (χ0v) is 78.3. The molecule has 2 amide bonds. The SMILES string of the molecule is C[C@H](N)Cc1c[nH]c2ccccc12.C[C@H]1Cc2c([nH]c3ccccc23)C(c2ccc([Si](C)(C)C)cc2)N1.C[C@H]1Cc2c([nH]c3ccccc23)[C@@H](c2ccc([Si](C)(C)C)cc2)N1C(=O)CCl.C[C@H]1Cc2c([nH]c3ccccc23)[C@H](c2ccc([Si](C)(C)C)cc2)N1C(=O)CCl.C[Si](C)(C)c1ccc(C=O)cc1.ClC(Cl)Cl.[CH3-].[Y]. The van der Waals surface area contributed by atoms with Crippen LogP contribution in [0, 0.1) is 7.43 Å². The van der Waals surface area contributed by atoms with E-state index in [4.69, 9.17) is 63.7 Å². The summed E-state index contributed by atoms with van der Waals surface area (Å²) in [5.41, 5.74) is 23.9. The fourth-order valence-corrected chi connectivity index (χ4v) is 20.3. The number of alkyl halides is 5. The Morgan fingerprint density at radius 3 is 1.13 bits per heavy atom. The first kappa shape index (κ1) is 90.4. The van der Waals surface area contributed by atoms with Gasteiger partial charge in [-0.15, -0.1) is 23.2 Å². The van der Waals surface area contributed by atoms with Gasteiger partial charge in [0.1, 0.15) is 18.0 Å². The van der Waals surface area contributed by atoms with Gasteiger partial charge in [0.05, 0.1) is 50.4 Å². The molecule has 0 spiro atoms. The van der Waals surface area contributed by atoms with Crippen molar-refractivity contribution >= 4 is 173 Å². The van der Waals surface area contributed by atoms with Crippen LogP contribution >= 0.6 is 58.0 Å². The second-order valence-electron chi connectivity index (χ2n) is 33.6. The van der Waals surface area contributed by atoms with Gasteiger partial charge in [-0.05, 0) is 117 Å². The van der Waals surface area contributed by atoms with Crippen LogP contribution in [0.4, 0.5) is 0 Å². The molecule has 4 aromatic heterocycles. The quantitative estimate of drug-likeness (QED) is 0.0311. The molecule has 8 aromatic carbocycles. The Morgan fingerprint density at radius 2 is 0.784 bits per heavy atom. The average Bonchev–Trinajstić information content (AvgIpc) is 1.63. The van der Waals surface area contributed by atoms with E-state index in [0.717, 1.165) is 71.1 Å². The Bertz CT molecular complexity index is 4890. The van der Waals surface area contributed by atoms with Gasteiger partial charge in [0.15, 0.2) is 4.30 Å². The van der Waals surface area contributed by atoms with Crippen LogP contribution in [0.5, 0.6) is 0 Å². The molecule has 7 heterocycles. The number of hydrogen-bond donors (Lipinski definition) is 6. The van der Waals surface area contributed by atoms with E-state index in [0.29, 0.717) is 6.04 Å². The molecule has 3 aliphatic heterocycles. The number of carbonyl (C=O) groups is 3. The number of halogens is 5. The summed E-state index contributed by atoms with van der Waals surface area (Å²) in [6, 6.07) is 69.7. The number of aldehydes is 1. The summed E-state index contributed by atoms with van der Waals surface area (Å²) < 4.78 is -0.750. The Balaban J connectivity index is 0.000000177. The standard InChI is InChI=1S/2C23H27ClN2OSi.C21H26N2Si.C11H14N2.C10H14OSi.CHCl3.CH3.Y/c2*1-15-13-19-18-7-5-6-8-20(18)25-22(19)23(26(15)21(27)14-24)16-9-11-17(12-10-16)28(2,3)4;1-14-13-18-17-7-5-6-8-19(17)23-21(18)20(22-14)15-9-11-16(12-10-15)24(2,3)4;1-8(12)6-9-7-13-11-5-3-2-4-10(9)11;1-12(2,3)10-6-4-9(8-11)5-7-10;2-1(3)4;;/h2*5-12,15,23,25H,13-14H2,1-4H3;5-12,14,20,22-23H,13H2,1-4H3;2-5,7-8,13H,6,12H2,1H3;4-8H,1-3H3;1H;1H3;/q;;;;;;-1;/t15-,23+;15-,23-;14-,20?;8-;;;;/m0000..../s1. The van der Waals surface area contributed by atoms with Crippen molar-refractivity contribution in [2.24, 2.45) is 5.73 Å². The van der Waals surface area contributed by atoms with Crippen LogP contribution in [0.1, 0.15) is 112 Å². The normalized spacial score (nSPS) is 17.6. The molecule has 1 unspecified atom stereocenters. The van der Waals surface area contributed by atoms with Crippen LogP contribution in [0.3, 0.4) is 0 Å². The molecule has 12 aromatic rings. The van der Waals surface area contributed by atoms with E-state index >= 15 is 0 Å². The van der Waals surface area contributed by atoms with Crippen LogP contribution in [0.15, 0.2) is 200 Å². The maximum Gasteiger partial charge on any atom is 0.238 e. The Labute approximate surface area is 713 Å². The first-order chi connectivity index (χ1) is 51.6. The van der Waals surface area contributed by atoms with Crippen molar-refractivity contribution < 1.29 is 47.1 Å². The largest absolute Gasteiger partial charge is 0.361 e. The molecule has 0 bridgehead atoms. The Hall–Kier alpha value is -6.13. The number of aromatic amines is 4. The maximum atomic E-state index is 12.8. The summed E-state index contributed by atoms with van der Waals surface area (Å²) >= 11 is 26.4. The molecule has 21 heteroatoms. The molecule has 0 aliphatic carbocycles. The van der Waals surface area contributed by atoms with Crippen molar-refractivity contribution in [2.75, 3.05) is 11.8 Å². The number of carbonyl (C=O) groups excluding carboxylic acids is 3. The second kappa shape index (κ2) is 39.0. The second-order valence-corrected chi connectivity index (χ2v) is 56.4. The van der Waals surface area contributed by atoms with E-state index in [1.165, 1.54) is 86.8 Å². The number of nitrogens with two attached hydrogens (primary N) is 1. The van der Waals surface area contributed by atoms with Gasteiger partial charge in [0.2, 0.25) is 11.8 Å². The van der Waals surface area contributed by atoms with Gasteiger partial charge in [0.25, 0.3) is 0 Å². The summed E-state index contributed by atoms with van der Waals surface area (Å²) in [5.74, 6) is -0.0252. The number of nitrogens with zero attached hydrogens (tertiary/aromatic N) is 2. The van der Waals surface area contributed by atoms with Crippen LogP contribution in [0.25, 0.3) is 43.6 Å². The Kier molecular flexibility index (Phi) is 31.8. The zero-order valence-electron chi connectivity index (χ0n) is 67.7. The third-order valence-electron chi connectivity index (χ3n) is 21.1. The van der Waals surface area contributed by atoms with Gasteiger partial charge in [-0.2, -0.15) is 0 Å². The number of benzene rings is 8. The molecule has 0 saturated carbocycles. The summed E-state index contributed by atoms with van der Waals surface area (Å²) in [5, 5.41) is 14.7. The van der Waals surface area contributed by atoms with Gasteiger partial charge >= 0.3 is 0 Å². The molecule has 3 aliphatic rings. The molecule has 585 valence electrons. The van der Waals surface area contributed by atoms with E-state index < -0.39 is 36.6 Å². The molecule has 0 fully saturated rings. The molecular weight excluding hydrogens is 1620 g/mol. The van der Waals surface area contributed by atoms with Crippen molar-refractivity contribution in [2.45, 2.75) is 179 Å². The van der Waals surface area contributed by atoms with E-state index in [-0.39, 0.29) is 100.0 Å². The maximum absolute atomic E-state index is 12.8. The van der Waals surface area contributed by atoms with E-state index in [1.807, 2.05) is 53.3 Å². The van der Waals surface area contributed by atoms with E-state index in [9.17, 15) is 14.4 Å². The molecule has 7 atom stereocenters. The average molecular weight is 1730 g/mol. The van der Waals surface area contributed by atoms with Crippen LogP contribution in [0.2, 0.25) is 78.6 Å². The van der Waals surface area contributed by atoms with Gasteiger partial charge < -0.3 is 48.2 Å². The predicted octanol–water partition coefficient (Wildman–Crippen LogP) is 20.5. The number of fused-ring (bicyclic) bond motifs is 10. The van der Waals surface area contributed by atoms with Crippen molar-refractivity contribution in [1.29, 1.82) is 0 Å². The minimum Gasteiger partial charge on any atom is -0.361 e. The summed E-state index contributed by atoms with van der Waals surface area (Å²) in [6.07, 6.45) is 6.63. The third kappa shape index (κ3) is 22.1. The molecule has 111 heavy (non-hydrogen) atoms. The van der Waals surface area contributed by atoms with E-state index in [2.05, 4.69) is 288 Å². The van der Waals surface area contributed by atoms with Gasteiger partial charge in [-0.1, -0.05) is 304 Å². The number of amides is 2. The first-order valence-electron chi connectivity index (χ1n) is 38.0. The van der Waals surface area contributed by atoms with Crippen molar-refractivity contribution in [3.05, 3.63) is 269 Å². The summed E-state index contributed by atoms with van der Waals surface area (Å²) in [7, 11) is -5.18. The fourth-order valence-electron chi connectivity index (χ4n) is 15.4. The zero-order chi connectivity index (χ0) is 79.0. The number of nitrogens with one attached hydrogen (secondary N) is 5. The van der Waals surface area contributed by atoms with Crippen LogP contribution < -0.4 is 31.8 Å². The Morgan fingerprint density at radius 1 is 0.468 bits per heavy atom. The number of para-hydroxylation sites is 4. The molecular formula is C90H112Cl5N8O3Si4Y-. The van der Waals surface area contributed by atoms with E-state index in [1.54, 1.807) is 0 Å². The number of aromatic nitrogens is 4. The fraction of sp³-hybridized carbons (Fsp3) is 0.333. The minimum atomic E-state index is -1.37. The van der Waals surface area contributed by atoms with Crippen molar-refractivity contribution in [3.8, 4) is 0 Å². The smallest absolute Gasteiger partial charge is 0.238 e. The van der Waals surface area contributed by atoms with Gasteiger partial charge in [-0.3, -0.25) is 14.4 Å². The van der Waals surface area contributed by atoms with Crippen molar-refractivity contribution in [3.63, 3.8) is 0 Å². The number of rotatable bonds is 12. The monoisotopic (exact) mass is 1730 g/mol. The first-order valence-corrected chi connectivity index (χ1v) is 54.4. The summed E-state index contributed by atoms with van der Waals surface area (Å²) in [6.45, 7) is 36.8. The number of hydrogen-bond acceptors (Lipinski definition) is 5. The topological polar surface area (TPSA) is 159 Å². The third-order valence-corrected chi connectivity index (χ3v) is 29.8. The number of H-pyrrole nitrogens is 4. The molecule has 0 saturated heterocycles. The van der Waals surface area contributed by atoms with Crippen LogP contribution in [-0.2, 0) is 68.0 Å². The molecule has 15 rings (SSSR count). The summed E-state index contributed by atoms with van der Waals surface area (Å²) in [4.78, 5) is 54.0. The van der Waals surface area contributed by atoms with Gasteiger partial charge in [0, 0.05) is 129 Å². The van der Waals surface area contributed by atoms with Gasteiger partial charge in [-0.25, -0.2) is 0 Å². The van der Waals surface area contributed by atoms with Crippen molar-refractivity contribution in [1.82, 2.24) is 35.1 Å². The minimum absolute atomic E-state index is 0. The molecule has 1 radical (unpaired) electrons. The molecule has 11 nitrogen and oxygen atoms in total. The van der Waals surface area contributed by atoms with Crippen LogP contribution in [-0.4, -0.2) is 120 Å².